The summed E-state index contributed by atoms with van der Waals surface area (Å²) in [4.78, 5) is 30.0. The van der Waals surface area contributed by atoms with Crippen molar-refractivity contribution in [2.24, 2.45) is 0 Å². The second-order valence-electron chi connectivity index (χ2n) is 4.72. The molecule has 21 heavy (non-hydrogen) atoms. The number of amides is 1. The summed E-state index contributed by atoms with van der Waals surface area (Å²) in [6.45, 7) is 3.39. The molecule has 1 aromatic carbocycles. The van der Waals surface area contributed by atoms with Crippen molar-refractivity contribution in [1.29, 1.82) is 0 Å². The number of nitrogens with zero attached hydrogens (tertiary/aromatic N) is 1. The number of carbonyl (C=O) groups is 2. The van der Waals surface area contributed by atoms with Crippen molar-refractivity contribution in [1.82, 2.24) is 15.3 Å². The van der Waals surface area contributed by atoms with Gasteiger partial charge in [0.05, 0.1) is 22.0 Å². The van der Waals surface area contributed by atoms with Gasteiger partial charge in [-0.05, 0) is 26.0 Å². The van der Waals surface area contributed by atoms with E-state index in [4.69, 9.17) is 5.11 Å². The quantitative estimate of drug-likeness (QED) is 0.758. The largest absolute Gasteiger partial charge is 0.480 e. The summed E-state index contributed by atoms with van der Waals surface area (Å²) < 4.78 is 0. The normalized spacial score (nSPS) is 13.8. The Hall–Kier alpha value is -2.02. The fraction of sp³-hybridized carbons (Fsp3) is 0.357. The third-order valence-electron chi connectivity index (χ3n) is 3.01. The van der Waals surface area contributed by atoms with E-state index < -0.39 is 12.0 Å². The highest BCUT2D eigenvalue weighted by Gasteiger charge is 2.16. The molecule has 0 aliphatic rings. The molecule has 2 atom stereocenters. The van der Waals surface area contributed by atoms with Gasteiger partial charge in [0.25, 0.3) is 0 Å². The van der Waals surface area contributed by atoms with Crippen LogP contribution in [0.4, 0.5) is 0 Å². The number of aliphatic carboxylic acids is 1. The maximum atomic E-state index is 11.6. The lowest BCUT2D eigenvalue weighted by molar-refractivity contribution is -0.140. The number of aromatic amines is 1. The van der Waals surface area contributed by atoms with Gasteiger partial charge in [-0.15, -0.1) is 11.8 Å². The third kappa shape index (κ3) is 3.98. The summed E-state index contributed by atoms with van der Waals surface area (Å²) in [5.74, 6) is -0.340. The van der Waals surface area contributed by atoms with E-state index in [0.717, 1.165) is 16.9 Å². The van der Waals surface area contributed by atoms with E-state index in [0.29, 0.717) is 0 Å². The molecule has 0 bridgehead atoms. The molecule has 2 aromatic rings. The van der Waals surface area contributed by atoms with Crippen LogP contribution in [0.25, 0.3) is 11.0 Å². The molecule has 0 saturated heterocycles. The van der Waals surface area contributed by atoms with Gasteiger partial charge in [0.1, 0.15) is 11.9 Å². The van der Waals surface area contributed by atoms with Gasteiger partial charge in [-0.2, -0.15) is 0 Å². The number of fused-ring (bicyclic) bond motifs is 1. The van der Waals surface area contributed by atoms with Gasteiger partial charge in [0, 0.05) is 0 Å². The lowest BCUT2D eigenvalue weighted by Gasteiger charge is -2.11. The SMILES string of the molecule is CC(SCC(=O)N[C@@H](C)C(=O)O)c1nc2ccccc2[nH]1. The third-order valence-corrected chi connectivity index (χ3v) is 4.16. The van der Waals surface area contributed by atoms with Crippen LogP contribution >= 0.6 is 11.8 Å². The first-order chi connectivity index (χ1) is 9.97. The highest BCUT2D eigenvalue weighted by atomic mass is 32.2. The Bertz CT molecular complexity index is 623. The van der Waals surface area contributed by atoms with Crippen LogP contribution in [-0.4, -0.2) is 38.7 Å². The van der Waals surface area contributed by atoms with Gasteiger partial charge >= 0.3 is 5.97 Å². The van der Waals surface area contributed by atoms with E-state index in [1.54, 1.807) is 0 Å². The fourth-order valence-electron chi connectivity index (χ4n) is 1.79. The van der Waals surface area contributed by atoms with Crippen LogP contribution in [0.1, 0.15) is 24.9 Å². The Balaban J connectivity index is 1.91. The first-order valence-electron chi connectivity index (χ1n) is 6.56. The molecular weight excluding hydrogens is 290 g/mol. The maximum absolute atomic E-state index is 11.6. The highest BCUT2D eigenvalue weighted by molar-refractivity contribution is 8.00. The van der Waals surface area contributed by atoms with Gasteiger partial charge in [0.15, 0.2) is 0 Å². The van der Waals surface area contributed by atoms with Crippen LogP contribution in [-0.2, 0) is 9.59 Å². The van der Waals surface area contributed by atoms with Crippen molar-refractivity contribution >= 4 is 34.7 Å². The zero-order valence-electron chi connectivity index (χ0n) is 11.8. The van der Waals surface area contributed by atoms with Crippen molar-refractivity contribution in [3.63, 3.8) is 0 Å². The predicted molar refractivity (Wildman–Crippen MR) is 82.2 cm³/mol. The van der Waals surface area contributed by atoms with Crippen molar-refractivity contribution in [3.05, 3.63) is 30.1 Å². The summed E-state index contributed by atoms with van der Waals surface area (Å²) in [5, 5.41) is 11.2. The van der Waals surface area contributed by atoms with E-state index in [1.165, 1.54) is 18.7 Å². The van der Waals surface area contributed by atoms with E-state index in [1.807, 2.05) is 31.2 Å². The number of carboxylic acid groups (broad SMARTS) is 1. The summed E-state index contributed by atoms with van der Waals surface area (Å²) in [7, 11) is 0. The first-order valence-corrected chi connectivity index (χ1v) is 7.60. The Morgan fingerprint density at radius 3 is 2.76 bits per heavy atom. The molecule has 1 heterocycles. The molecular formula is C14H17N3O3S. The molecule has 0 saturated carbocycles. The highest BCUT2D eigenvalue weighted by Crippen LogP contribution is 2.27. The Morgan fingerprint density at radius 2 is 2.10 bits per heavy atom. The van der Waals surface area contributed by atoms with Gasteiger partial charge in [-0.25, -0.2) is 4.98 Å². The van der Waals surface area contributed by atoms with Gasteiger partial charge in [-0.1, -0.05) is 12.1 Å². The Morgan fingerprint density at radius 1 is 1.38 bits per heavy atom. The van der Waals surface area contributed by atoms with Crippen molar-refractivity contribution < 1.29 is 14.7 Å². The molecule has 1 aromatic heterocycles. The predicted octanol–water partition coefficient (Wildman–Crippen LogP) is 1.95. The number of para-hydroxylation sites is 2. The Kier molecular flexibility index (Phi) is 4.85. The number of hydrogen-bond acceptors (Lipinski definition) is 4. The first kappa shape index (κ1) is 15.4. The molecule has 0 radical (unpaired) electrons. The number of hydrogen-bond donors (Lipinski definition) is 3. The van der Waals surface area contributed by atoms with Crippen molar-refractivity contribution in [2.45, 2.75) is 25.1 Å². The molecule has 1 unspecified atom stereocenters. The number of imidazole rings is 1. The zero-order chi connectivity index (χ0) is 15.4. The number of H-pyrrole nitrogens is 1. The van der Waals surface area contributed by atoms with E-state index >= 15 is 0 Å². The standard InChI is InChI=1S/C14H17N3O3S/c1-8(14(19)20)15-12(18)7-21-9(2)13-16-10-5-3-4-6-11(10)17-13/h3-6,8-9H,7H2,1-2H3,(H,15,18)(H,16,17)(H,19,20)/t8-,9?/m0/s1. The molecule has 0 fully saturated rings. The molecule has 2 rings (SSSR count). The monoisotopic (exact) mass is 307 g/mol. The minimum Gasteiger partial charge on any atom is -0.480 e. The zero-order valence-corrected chi connectivity index (χ0v) is 12.6. The summed E-state index contributed by atoms with van der Waals surface area (Å²) in [6, 6.07) is 6.85. The average molecular weight is 307 g/mol. The van der Waals surface area contributed by atoms with E-state index in [-0.39, 0.29) is 16.9 Å². The molecule has 0 aliphatic heterocycles. The lowest BCUT2D eigenvalue weighted by atomic mass is 10.3. The van der Waals surface area contributed by atoms with Crippen LogP contribution in [0.5, 0.6) is 0 Å². The number of thioether (sulfide) groups is 1. The van der Waals surface area contributed by atoms with Gasteiger partial charge in [-0.3, -0.25) is 9.59 Å². The van der Waals surface area contributed by atoms with Crippen LogP contribution in [0.2, 0.25) is 0 Å². The topological polar surface area (TPSA) is 95.1 Å². The van der Waals surface area contributed by atoms with Gasteiger partial charge < -0.3 is 15.4 Å². The van der Waals surface area contributed by atoms with Crippen molar-refractivity contribution in [3.8, 4) is 0 Å². The van der Waals surface area contributed by atoms with Crippen molar-refractivity contribution in [2.75, 3.05) is 5.75 Å². The second kappa shape index (κ2) is 6.62. The summed E-state index contributed by atoms with van der Waals surface area (Å²) in [5.41, 5.74) is 1.85. The molecule has 1 amide bonds. The Labute approximate surface area is 126 Å². The number of carbonyl (C=O) groups excluding carboxylic acids is 1. The van der Waals surface area contributed by atoms with Crippen LogP contribution in [0, 0.1) is 0 Å². The molecule has 3 N–H and O–H groups in total. The number of aromatic nitrogens is 2. The molecule has 112 valence electrons. The fourth-order valence-corrected chi connectivity index (χ4v) is 2.54. The smallest absolute Gasteiger partial charge is 0.325 e. The maximum Gasteiger partial charge on any atom is 0.325 e. The van der Waals surface area contributed by atoms with E-state index in [9.17, 15) is 9.59 Å². The molecule has 6 nitrogen and oxygen atoms in total. The number of nitrogens with one attached hydrogen (secondary N) is 2. The minimum atomic E-state index is -1.04. The van der Waals surface area contributed by atoms with Crippen LogP contribution in [0.15, 0.2) is 24.3 Å². The summed E-state index contributed by atoms with van der Waals surface area (Å²) in [6.07, 6.45) is 0. The van der Waals surface area contributed by atoms with Gasteiger partial charge in [0.2, 0.25) is 5.91 Å². The molecule has 0 aliphatic carbocycles. The summed E-state index contributed by atoms with van der Waals surface area (Å²) >= 11 is 1.41. The van der Waals surface area contributed by atoms with Crippen LogP contribution in [0.3, 0.4) is 0 Å². The second-order valence-corrected chi connectivity index (χ2v) is 6.05. The number of carboxylic acids is 1. The number of benzene rings is 1. The molecule has 0 spiro atoms. The minimum absolute atomic E-state index is 0.0169. The van der Waals surface area contributed by atoms with Crippen LogP contribution < -0.4 is 5.32 Å². The molecule has 7 heteroatoms. The number of rotatable bonds is 6. The average Bonchev–Trinajstić information content (AvgIpc) is 2.88. The lowest BCUT2D eigenvalue weighted by Crippen LogP contribution is -2.39. The van der Waals surface area contributed by atoms with E-state index in [2.05, 4.69) is 15.3 Å².